The van der Waals surface area contributed by atoms with Gasteiger partial charge in [-0.25, -0.2) is 0 Å². The minimum absolute atomic E-state index is 0.0239. The third kappa shape index (κ3) is 8.27. The molecule has 226 valence electrons. The van der Waals surface area contributed by atoms with E-state index in [2.05, 4.69) is 21.1 Å². The van der Waals surface area contributed by atoms with Gasteiger partial charge in [-0.1, -0.05) is 78.0 Å². The van der Waals surface area contributed by atoms with E-state index in [9.17, 15) is 14.4 Å². The Labute approximate surface area is 264 Å². The summed E-state index contributed by atoms with van der Waals surface area (Å²) in [7, 11) is 1.54. The van der Waals surface area contributed by atoms with Crippen molar-refractivity contribution in [3.05, 3.63) is 143 Å². The highest BCUT2D eigenvalue weighted by Gasteiger charge is 2.24. The molecule has 0 bridgehead atoms. The van der Waals surface area contributed by atoms with Gasteiger partial charge >= 0.3 is 0 Å². The summed E-state index contributed by atoms with van der Waals surface area (Å²) in [5.41, 5.74) is 2.31. The fourth-order valence-corrected chi connectivity index (χ4v) is 5.47. The lowest BCUT2D eigenvalue weighted by molar-refractivity contribution is -0.116. The van der Waals surface area contributed by atoms with Crippen LogP contribution in [0.25, 0.3) is 6.08 Å². The van der Waals surface area contributed by atoms with E-state index in [0.717, 1.165) is 10.5 Å². The largest absolute Gasteiger partial charge is 0.496 e. The van der Waals surface area contributed by atoms with Crippen molar-refractivity contribution in [3.63, 3.8) is 0 Å². The number of thioether (sulfide) groups is 1. The van der Waals surface area contributed by atoms with E-state index < -0.39 is 17.1 Å². The number of carbonyl (C=O) groups excluding carboxylic acids is 3. The van der Waals surface area contributed by atoms with Crippen LogP contribution in [0.4, 0.5) is 11.5 Å². The highest BCUT2D eigenvalue weighted by atomic mass is 32.2. The predicted octanol–water partition coefficient (Wildman–Crippen LogP) is 6.87. The molecule has 0 fully saturated rings. The average Bonchev–Trinajstić information content (AvgIpc) is 3.48. The molecule has 3 N–H and O–H groups in total. The van der Waals surface area contributed by atoms with Crippen LogP contribution in [0.2, 0.25) is 0 Å². The number of aryl methyl sites for hydroxylation is 1. The van der Waals surface area contributed by atoms with Crippen molar-refractivity contribution < 1.29 is 23.6 Å². The van der Waals surface area contributed by atoms with Crippen LogP contribution < -0.4 is 20.7 Å². The van der Waals surface area contributed by atoms with Crippen molar-refractivity contribution in [1.82, 2.24) is 10.5 Å². The maximum Gasteiger partial charge on any atom is 0.272 e. The second-order valence-corrected chi connectivity index (χ2v) is 11.0. The van der Waals surface area contributed by atoms with Gasteiger partial charge in [-0.15, -0.1) is 11.8 Å². The normalized spacial score (nSPS) is 11.7. The molecule has 0 radical (unpaired) electrons. The van der Waals surface area contributed by atoms with E-state index in [0.29, 0.717) is 34.1 Å². The van der Waals surface area contributed by atoms with Gasteiger partial charge in [-0.05, 0) is 55.0 Å². The average molecular weight is 619 g/mol. The number of carbonyl (C=O) groups is 3. The van der Waals surface area contributed by atoms with Gasteiger partial charge in [-0.2, -0.15) is 0 Å². The van der Waals surface area contributed by atoms with E-state index in [1.54, 1.807) is 79.7 Å². The smallest absolute Gasteiger partial charge is 0.272 e. The number of ether oxygens (including phenoxy) is 1. The lowest BCUT2D eigenvalue weighted by Gasteiger charge is -2.17. The summed E-state index contributed by atoms with van der Waals surface area (Å²) in [4.78, 5) is 40.8. The Bertz CT molecular complexity index is 1820. The molecule has 0 aliphatic heterocycles. The molecule has 0 spiro atoms. The van der Waals surface area contributed by atoms with Crippen LogP contribution in [0.15, 0.2) is 130 Å². The van der Waals surface area contributed by atoms with Crippen molar-refractivity contribution >= 4 is 47.1 Å². The Hall–Kier alpha value is -5.61. The monoisotopic (exact) mass is 618 g/mol. The standard InChI is InChI=1S/C35H30N4O5S/c1-23-20-31(39-44-23)38-35(42)32(24-12-5-3-6-13-24)45-28-18-11-17-27(22-28)36-34(41)29(21-26-16-9-10-19-30(26)43-2)37-33(40)25-14-7-4-8-15-25/h3-22,32H,1-2H3,(H,36,41)(H,37,40)(H,38,39,42)/b29-21+. The Morgan fingerprint density at radius 3 is 2.27 bits per heavy atom. The van der Waals surface area contributed by atoms with Crippen LogP contribution in [-0.4, -0.2) is 30.0 Å². The quantitative estimate of drug-likeness (QED) is 0.109. The van der Waals surface area contributed by atoms with Crippen LogP contribution in [0, 0.1) is 6.92 Å². The Morgan fingerprint density at radius 1 is 0.844 bits per heavy atom. The molecule has 9 nitrogen and oxygen atoms in total. The predicted molar refractivity (Wildman–Crippen MR) is 175 cm³/mol. The zero-order valence-corrected chi connectivity index (χ0v) is 25.3. The van der Waals surface area contributed by atoms with Gasteiger partial charge in [0.25, 0.3) is 11.8 Å². The first-order chi connectivity index (χ1) is 21.9. The molecule has 5 aromatic rings. The number of nitrogens with zero attached hydrogens (tertiary/aromatic N) is 1. The van der Waals surface area contributed by atoms with Crippen molar-refractivity contribution in [2.24, 2.45) is 0 Å². The first-order valence-electron chi connectivity index (χ1n) is 14.0. The fraction of sp³-hybridized carbons (Fsp3) is 0.0857. The minimum atomic E-state index is -0.625. The van der Waals surface area contributed by atoms with Crippen LogP contribution in [0.1, 0.15) is 32.5 Å². The van der Waals surface area contributed by atoms with Gasteiger partial charge in [0.05, 0.1) is 7.11 Å². The van der Waals surface area contributed by atoms with Crippen LogP contribution >= 0.6 is 11.8 Å². The number of amides is 3. The molecule has 10 heteroatoms. The maximum atomic E-state index is 13.6. The van der Waals surface area contributed by atoms with Gasteiger partial charge in [0.2, 0.25) is 5.91 Å². The highest BCUT2D eigenvalue weighted by Crippen LogP contribution is 2.37. The van der Waals surface area contributed by atoms with E-state index in [4.69, 9.17) is 9.26 Å². The number of aromatic nitrogens is 1. The third-order valence-corrected chi connectivity index (χ3v) is 7.78. The van der Waals surface area contributed by atoms with Crippen LogP contribution in [0.5, 0.6) is 5.75 Å². The summed E-state index contributed by atoms with van der Waals surface area (Å²) in [6.07, 6.45) is 1.56. The van der Waals surface area contributed by atoms with E-state index >= 15 is 0 Å². The van der Waals surface area contributed by atoms with Crippen LogP contribution in [-0.2, 0) is 9.59 Å². The summed E-state index contributed by atoms with van der Waals surface area (Å²) in [6, 6.07) is 34.0. The topological polar surface area (TPSA) is 123 Å². The zero-order chi connectivity index (χ0) is 31.6. The van der Waals surface area contributed by atoms with Crippen molar-refractivity contribution in [2.75, 3.05) is 17.7 Å². The van der Waals surface area contributed by atoms with Crippen molar-refractivity contribution in [3.8, 4) is 5.75 Å². The molecule has 4 aromatic carbocycles. The molecule has 0 aliphatic carbocycles. The van der Waals surface area contributed by atoms with Gasteiger partial charge in [0, 0.05) is 27.8 Å². The van der Waals surface area contributed by atoms with Crippen molar-refractivity contribution in [1.29, 1.82) is 0 Å². The maximum absolute atomic E-state index is 13.6. The van der Waals surface area contributed by atoms with Gasteiger partial charge in [0.1, 0.15) is 22.5 Å². The number of hydrogen-bond donors (Lipinski definition) is 3. The third-order valence-electron chi connectivity index (χ3n) is 6.53. The molecule has 5 rings (SSSR count). The molecule has 1 heterocycles. The summed E-state index contributed by atoms with van der Waals surface area (Å²) in [5.74, 6) is 0.200. The second kappa shape index (κ2) is 14.7. The first-order valence-corrected chi connectivity index (χ1v) is 14.9. The molecule has 1 aromatic heterocycles. The highest BCUT2D eigenvalue weighted by molar-refractivity contribution is 8.00. The minimum Gasteiger partial charge on any atom is -0.496 e. The van der Waals surface area contributed by atoms with E-state index in [1.807, 2.05) is 48.5 Å². The lowest BCUT2D eigenvalue weighted by atomic mass is 10.1. The number of para-hydroxylation sites is 1. The molecule has 1 atom stereocenters. The summed E-state index contributed by atoms with van der Waals surface area (Å²) in [5, 5.41) is 11.7. The SMILES string of the molecule is COc1ccccc1/C=C(/NC(=O)c1ccccc1)C(=O)Nc1cccc(SC(C(=O)Nc2cc(C)on2)c2ccccc2)c1. The Balaban J connectivity index is 1.39. The number of rotatable bonds is 11. The first kappa shape index (κ1) is 30.8. The molecule has 1 unspecified atom stereocenters. The van der Waals surface area contributed by atoms with Gasteiger partial charge in [0.15, 0.2) is 5.82 Å². The molecular formula is C35H30N4O5S. The Morgan fingerprint density at radius 2 is 1.56 bits per heavy atom. The van der Waals surface area contributed by atoms with Gasteiger partial charge in [-0.3, -0.25) is 14.4 Å². The van der Waals surface area contributed by atoms with Crippen molar-refractivity contribution in [2.45, 2.75) is 17.1 Å². The summed E-state index contributed by atoms with van der Waals surface area (Å²) in [6.45, 7) is 1.75. The number of anilines is 2. The number of nitrogens with one attached hydrogen (secondary N) is 3. The summed E-state index contributed by atoms with van der Waals surface area (Å²) < 4.78 is 10.5. The molecule has 0 saturated heterocycles. The number of methoxy groups -OCH3 is 1. The van der Waals surface area contributed by atoms with Crippen LogP contribution in [0.3, 0.4) is 0 Å². The molecular weight excluding hydrogens is 588 g/mol. The fourth-order valence-electron chi connectivity index (χ4n) is 4.38. The summed E-state index contributed by atoms with van der Waals surface area (Å²) >= 11 is 1.32. The van der Waals surface area contributed by atoms with Gasteiger partial charge < -0.3 is 25.2 Å². The number of hydrogen-bond acceptors (Lipinski definition) is 7. The molecule has 45 heavy (non-hydrogen) atoms. The number of benzene rings is 4. The Kier molecular flexibility index (Phi) is 10.1. The second-order valence-electron chi connectivity index (χ2n) is 9.82. The molecule has 0 saturated carbocycles. The zero-order valence-electron chi connectivity index (χ0n) is 24.5. The molecule has 3 amide bonds. The van der Waals surface area contributed by atoms with E-state index in [-0.39, 0.29) is 11.6 Å². The lowest BCUT2D eigenvalue weighted by Crippen LogP contribution is -2.30. The van der Waals surface area contributed by atoms with E-state index in [1.165, 1.54) is 18.9 Å². The molecule has 0 aliphatic rings.